The lowest BCUT2D eigenvalue weighted by atomic mass is 11.8. The lowest BCUT2D eigenvalue weighted by molar-refractivity contribution is 0.935. The van der Waals surface area contributed by atoms with Gasteiger partial charge in [-0.3, -0.25) is 0 Å². The van der Waals surface area contributed by atoms with Gasteiger partial charge < -0.3 is 5.09 Å². The van der Waals surface area contributed by atoms with Crippen molar-refractivity contribution in [1.29, 1.82) is 0 Å². The molecule has 0 aromatic heterocycles. The van der Waals surface area contributed by atoms with Crippen molar-refractivity contribution < 1.29 is 0 Å². The van der Waals surface area contributed by atoms with Crippen LogP contribution in [-0.2, 0) is 0 Å². The summed E-state index contributed by atoms with van der Waals surface area (Å²) in [6.07, 6.45) is 0. The zero-order chi connectivity index (χ0) is 16.6. The summed E-state index contributed by atoms with van der Waals surface area (Å²) >= 11 is 0. The first-order chi connectivity index (χ1) is 8.46. The molecule has 8 heteroatoms. The minimum Gasteiger partial charge on any atom is -0.320 e. The van der Waals surface area contributed by atoms with Crippen molar-refractivity contribution >= 4 is 37.8 Å². The van der Waals surface area contributed by atoms with Gasteiger partial charge in [0.25, 0.3) is 0 Å². The number of hydrogen-bond acceptors (Lipinski definition) is 2. The van der Waals surface area contributed by atoms with E-state index in [1.54, 1.807) is 0 Å². The summed E-state index contributed by atoms with van der Waals surface area (Å²) in [5, 5.41) is 8.01. The first kappa shape index (κ1) is 20.5. The Morgan fingerprint density at radius 3 is 1.05 bits per heavy atom. The second kappa shape index (κ2) is 5.94. The van der Waals surface area contributed by atoms with E-state index in [1.807, 2.05) is 0 Å². The molecule has 0 aromatic carbocycles. The molecule has 0 aliphatic carbocycles. The average Bonchev–Trinajstić information content (AvgIpc) is 2.03. The summed E-state index contributed by atoms with van der Waals surface area (Å²) in [7, 11) is -5.36. The van der Waals surface area contributed by atoms with Crippen LogP contribution < -0.4 is 5.09 Å². The van der Waals surface area contributed by atoms with Gasteiger partial charge in [-0.2, -0.15) is 0 Å². The highest BCUT2D eigenvalue weighted by Gasteiger charge is 2.63. The number of nitrogens with one attached hydrogen (secondary N) is 1. The highest BCUT2D eigenvalue weighted by atomic mass is 29.9. The first-order valence-electron chi connectivity index (χ1n) is 7.65. The van der Waals surface area contributed by atoms with E-state index in [4.69, 9.17) is 4.78 Å². The van der Waals surface area contributed by atoms with E-state index < -0.39 is 37.8 Å². The van der Waals surface area contributed by atoms with Crippen molar-refractivity contribution in [3.05, 3.63) is 0 Å². The molecule has 0 atom stereocenters. The lowest BCUT2D eigenvalue weighted by Crippen LogP contribution is -2.81. The fraction of sp³-hybridized carbons (Fsp3) is 1.00. The Bertz CT molecular complexity index is 319. The van der Waals surface area contributed by atoms with Gasteiger partial charge in [-0.25, -0.2) is 4.78 Å². The van der Waals surface area contributed by atoms with Crippen molar-refractivity contribution in [2.75, 3.05) is 0 Å². The molecule has 0 aliphatic rings. The lowest BCUT2D eigenvalue weighted by Gasteiger charge is -2.52. The van der Waals surface area contributed by atoms with Crippen molar-refractivity contribution in [2.24, 2.45) is 10.0 Å². The van der Waals surface area contributed by atoms with E-state index >= 15 is 0 Å². The second-order valence-corrected chi connectivity index (χ2v) is 54.4. The molecule has 0 rings (SSSR count). The Morgan fingerprint density at radius 2 is 0.850 bits per heavy atom. The highest BCUT2D eigenvalue weighted by molar-refractivity contribution is 7.88. The molecule has 0 bridgehead atoms. The Hall–Kier alpha value is 0.484. The number of nitrogens with zero attached hydrogens (tertiary/aromatic N) is 2. The average molecular weight is 364 g/mol. The number of rotatable bonds is 6. The minimum absolute atomic E-state index is 1.33. The zero-order valence-electron chi connectivity index (χ0n) is 15.9. The van der Waals surface area contributed by atoms with Crippen molar-refractivity contribution in [2.45, 2.75) is 78.6 Å². The molecule has 3 nitrogen and oxygen atoms in total. The van der Waals surface area contributed by atoms with E-state index in [-0.39, 0.29) is 0 Å². The fourth-order valence-electron chi connectivity index (χ4n) is 4.08. The molecule has 0 spiro atoms. The first-order valence-corrected chi connectivity index (χ1v) is 26.6. The summed E-state index contributed by atoms with van der Waals surface area (Å²) in [6, 6.07) is 0. The van der Waals surface area contributed by atoms with E-state index in [2.05, 4.69) is 88.9 Å². The molecule has 0 amide bonds. The summed E-state index contributed by atoms with van der Waals surface area (Å²) in [6.45, 7) is 28.1. The van der Waals surface area contributed by atoms with Gasteiger partial charge in [0, 0.05) is 0 Å². The Balaban J connectivity index is 5.95. The highest BCUT2D eigenvalue weighted by Crippen LogP contribution is 2.38. The van der Waals surface area contributed by atoms with Gasteiger partial charge in [0.2, 0.25) is 0 Å². The molecular weight excluding hydrogens is 327 g/mol. The van der Waals surface area contributed by atoms with Crippen LogP contribution in [0.5, 0.6) is 0 Å². The maximum atomic E-state index is 5.23. The minimum atomic E-state index is -1.67. The summed E-state index contributed by atoms with van der Waals surface area (Å²) in [4.78, 5) is 0. The molecule has 0 radical (unpaired) electrons. The molecule has 20 heavy (non-hydrogen) atoms. The van der Waals surface area contributed by atoms with E-state index in [0.717, 1.165) is 0 Å². The third-order valence-electron chi connectivity index (χ3n) is 3.84. The topological polar surface area (TPSA) is 36.8 Å². The second-order valence-electron chi connectivity index (χ2n) is 10.0. The van der Waals surface area contributed by atoms with E-state index in [1.165, 1.54) is 0 Å². The van der Waals surface area contributed by atoms with Gasteiger partial charge in [0.1, 0.15) is 0 Å². The standard InChI is InChI=1S/C12H37N3Si5/c1-16(2,3)14-13-15-20(17(4,5)6,18(7,8)9)19(10,11)12/h1-12H3,(H,14,15). The molecule has 0 saturated carbocycles. The van der Waals surface area contributed by atoms with Gasteiger partial charge >= 0.3 is 0 Å². The molecule has 0 aliphatic heterocycles. The predicted octanol–water partition coefficient (Wildman–Crippen LogP) is 4.97. The van der Waals surface area contributed by atoms with Crippen LogP contribution in [0, 0.1) is 0 Å². The van der Waals surface area contributed by atoms with Crippen LogP contribution in [0.25, 0.3) is 0 Å². The van der Waals surface area contributed by atoms with E-state index in [9.17, 15) is 0 Å². The van der Waals surface area contributed by atoms with Gasteiger partial charge in [-0.15, -0.1) is 0 Å². The Labute approximate surface area is 131 Å². The molecule has 0 unspecified atom stereocenters. The van der Waals surface area contributed by atoms with Crippen molar-refractivity contribution in [3.8, 4) is 0 Å². The quantitative estimate of drug-likeness (QED) is 0.403. The summed E-state index contributed by atoms with van der Waals surface area (Å²) < 4.78 is 5.23. The largest absolute Gasteiger partial charge is 0.320 e. The monoisotopic (exact) mass is 363 g/mol. The Morgan fingerprint density at radius 1 is 0.550 bits per heavy atom. The zero-order valence-corrected chi connectivity index (χ0v) is 20.9. The maximum absolute atomic E-state index is 5.23. The fourth-order valence-corrected chi connectivity index (χ4v) is 96.5. The van der Waals surface area contributed by atoms with Crippen LogP contribution in [0.1, 0.15) is 0 Å². The van der Waals surface area contributed by atoms with Gasteiger partial charge in [0.05, 0.1) is 22.8 Å². The third kappa shape index (κ3) is 4.49. The summed E-state index contributed by atoms with van der Waals surface area (Å²) in [5.74, 6) is 0. The van der Waals surface area contributed by atoms with Crippen molar-refractivity contribution in [3.63, 3.8) is 0 Å². The normalized spacial score (nSPS) is 15.8. The van der Waals surface area contributed by atoms with E-state index in [0.29, 0.717) is 0 Å². The predicted molar refractivity (Wildman–Crippen MR) is 107 cm³/mol. The summed E-state index contributed by atoms with van der Waals surface area (Å²) in [5.41, 5.74) is 0. The molecule has 0 aromatic rings. The Kier molecular flexibility index (Phi) is 6.08. The van der Waals surface area contributed by atoms with Crippen LogP contribution in [0.3, 0.4) is 0 Å². The van der Waals surface area contributed by atoms with Gasteiger partial charge in [-0.1, -0.05) is 83.8 Å². The molecule has 1 N–H and O–H groups in total. The molecule has 0 saturated heterocycles. The smallest absolute Gasteiger partial charge is 0.179 e. The van der Waals surface area contributed by atoms with Gasteiger partial charge in [-0.05, 0) is 0 Å². The molecule has 0 fully saturated rings. The SMILES string of the molecule is C[Si](C)(C)N/N=N/[Si]([Si](C)(C)C)([Si](C)(C)C)[Si](C)(C)C. The van der Waals surface area contributed by atoms with Crippen molar-refractivity contribution in [1.82, 2.24) is 5.09 Å². The van der Waals surface area contributed by atoms with Crippen LogP contribution in [-0.4, -0.2) is 37.8 Å². The van der Waals surface area contributed by atoms with Crippen LogP contribution in [0.15, 0.2) is 10.0 Å². The molecular formula is C12H37N3Si5. The number of hydrogen-bond donors (Lipinski definition) is 1. The molecule has 0 heterocycles. The van der Waals surface area contributed by atoms with Gasteiger partial charge in [0.15, 0.2) is 15.0 Å². The third-order valence-corrected chi connectivity index (χ3v) is 72.5. The van der Waals surface area contributed by atoms with Crippen LogP contribution >= 0.6 is 0 Å². The van der Waals surface area contributed by atoms with Crippen LogP contribution in [0.4, 0.5) is 0 Å². The van der Waals surface area contributed by atoms with Crippen LogP contribution in [0.2, 0.25) is 78.6 Å². The maximum Gasteiger partial charge on any atom is 0.179 e. The molecule has 120 valence electrons.